The highest BCUT2D eigenvalue weighted by atomic mass is 16.6. The molecule has 3 rings (SSSR count). The lowest BCUT2D eigenvalue weighted by atomic mass is 10.0. The first-order valence-corrected chi connectivity index (χ1v) is 6.49. The fraction of sp³-hybridized carbons (Fsp3) is 0.0625. The summed E-state index contributed by atoms with van der Waals surface area (Å²) in [5.74, 6) is 0. The van der Waals surface area contributed by atoms with Gasteiger partial charge in [0.2, 0.25) is 0 Å². The number of pyridine rings is 1. The fourth-order valence-electron chi connectivity index (χ4n) is 2.44. The first-order chi connectivity index (χ1) is 10.2. The van der Waals surface area contributed by atoms with Gasteiger partial charge in [0, 0.05) is 6.42 Å². The van der Waals surface area contributed by atoms with Crippen LogP contribution in [-0.2, 0) is 6.42 Å². The van der Waals surface area contributed by atoms with Crippen LogP contribution in [0.5, 0.6) is 0 Å². The number of benzene rings is 2. The van der Waals surface area contributed by atoms with Gasteiger partial charge in [-0.3, -0.25) is 14.9 Å². The zero-order valence-corrected chi connectivity index (χ0v) is 11.1. The van der Waals surface area contributed by atoms with Crippen LogP contribution in [0.4, 0.5) is 5.69 Å². The summed E-state index contributed by atoms with van der Waals surface area (Å²) in [5, 5.41) is 11.9. The number of fused-ring (bicyclic) bond motifs is 1. The number of nitrogens with zero attached hydrogens (tertiary/aromatic N) is 1. The molecule has 0 aliphatic rings. The molecule has 0 radical (unpaired) electrons. The van der Waals surface area contributed by atoms with Gasteiger partial charge in [-0.05, 0) is 17.7 Å². The zero-order chi connectivity index (χ0) is 14.8. The molecule has 0 unspecified atom stereocenters. The summed E-state index contributed by atoms with van der Waals surface area (Å²) in [5.41, 5.74) is 1.000. The molecule has 21 heavy (non-hydrogen) atoms. The molecule has 0 spiro atoms. The van der Waals surface area contributed by atoms with Crippen molar-refractivity contribution in [1.29, 1.82) is 0 Å². The first-order valence-electron chi connectivity index (χ1n) is 6.49. The molecular weight excluding hydrogens is 268 g/mol. The van der Waals surface area contributed by atoms with E-state index in [9.17, 15) is 14.9 Å². The highest BCUT2D eigenvalue weighted by molar-refractivity contribution is 5.89. The van der Waals surface area contributed by atoms with Gasteiger partial charge in [0.05, 0.1) is 21.4 Å². The Bertz CT molecular complexity index is 870. The van der Waals surface area contributed by atoms with Gasteiger partial charge in [-0.1, -0.05) is 42.5 Å². The van der Waals surface area contributed by atoms with E-state index in [1.54, 1.807) is 24.3 Å². The van der Waals surface area contributed by atoms with Crippen molar-refractivity contribution in [3.63, 3.8) is 0 Å². The number of hydrogen-bond donors (Lipinski definition) is 1. The van der Waals surface area contributed by atoms with Gasteiger partial charge in [-0.25, -0.2) is 0 Å². The maximum Gasteiger partial charge on any atom is 0.287 e. The van der Waals surface area contributed by atoms with E-state index in [1.807, 2.05) is 30.3 Å². The quantitative estimate of drug-likeness (QED) is 0.591. The van der Waals surface area contributed by atoms with Crippen LogP contribution in [0.3, 0.4) is 0 Å². The standard InChI is InChI=1S/C16H12N2O3/c19-16-13(10-11-6-2-1-3-7-11)15(18(20)21)12-8-4-5-9-14(12)17-16/h1-9H,10H2,(H,17,19). The lowest BCUT2D eigenvalue weighted by molar-refractivity contribution is -0.383. The molecule has 0 aliphatic carbocycles. The average molecular weight is 280 g/mol. The topological polar surface area (TPSA) is 76.0 Å². The molecule has 0 aliphatic heterocycles. The van der Waals surface area contributed by atoms with Gasteiger partial charge in [0.15, 0.2) is 0 Å². The Labute approximate surface area is 120 Å². The summed E-state index contributed by atoms with van der Waals surface area (Å²) in [6, 6.07) is 16.0. The second-order valence-corrected chi connectivity index (χ2v) is 4.75. The number of aromatic nitrogens is 1. The van der Waals surface area contributed by atoms with Gasteiger partial charge < -0.3 is 4.98 Å². The van der Waals surface area contributed by atoms with E-state index >= 15 is 0 Å². The van der Waals surface area contributed by atoms with Crippen molar-refractivity contribution in [3.05, 3.63) is 86.2 Å². The van der Waals surface area contributed by atoms with Crippen LogP contribution in [0.1, 0.15) is 11.1 Å². The van der Waals surface area contributed by atoms with Gasteiger partial charge >= 0.3 is 0 Å². The lowest BCUT2D eigenvalue weighted by Crippen LogP contribution is -2.16. The molecular formula is C16H12N2O3. The minimum Gasteiger partial charge on any atom is -0.321 e. The monoisotopic (exact) mass is 280 g/mol. The number of aromatic amines is 1. The van der Waals surface area contributed by atoms with E-state index < -0.39 is 10.5 Å². The largest absolute Gasteiger partial charge is 0.321 e. The van der Waals surface area contributed by atoms with E-state index in [4.69, 9.17) is 0 Å². The Kier molecular flexibility index (Phi) is 3.23. The summed E-state index contributed by atoms with van der Waals surface area (Å²) in [6.45, 7) is 0. The first kappa shape index (κ1) is 13.1. The number of H-pyrrole nitrogens is 1. The summed E-state index contributed by atoms with van der Waals surface area (Å²) in [6.07, 6.45) is 0.233. The maximum atomic E-state index is 12.2. The highest BCUT2D eigenvalue weighted by Gasteiger charge is 2.22. The zero-order valence-electron chi connectivity index (χ0n) is 11.1. The van der Waals surface area contributed by atoms with Gasteiger partial charge in [-0.15, -0.1) is 0 Å². The van der Waals surface area contributed by atoms with Gasteiger partial charge in [0.1, 0.15) is 0 Å². The summed E-state index contributed by atoms with van der Waals surface area (Å²) >= 11 is 0. The second kappa shape index (κ2) is 5.20. The molecule has 0 saturated carbocycles. The molecule has 1 N–H and O–H groups in total. The third kappa shape index (κ3) is 2.41. The van der Waals surface area contributed by atoms with Crippen LogP contribution in [0.2, 0.25) is 0 Å². The third-order valence-corrected chi connectivity index (χ3v) is 3.40. The molecule has 0 bridgehead atoms. The van der Waals surface area contributed by atoms with Crippen molar-refractivity contribution in [2.24, 2.45) is 0 Å². The normalized spacial score (nSPS) is 10.7. The molecule has 5 nitrogen and oxygen atoms in total. The van der Waals surface area contributed by atoms with Crippen molar-refractivity contribution in [2.45, 2.75) is 6.42 Å². The lowest BCUT2D eigenvalue weighted by Gasteiger charge is -2.06. The molecule has 0 amide bonds. The van der Waals surface area contributed by atoms with Crippen molar-refractivity contribution < 1.29 is 4.92 Å². The van der Waals surface area contributed by atoms with E-state index in [0.717, 1.165) is 5.56 Å². The molecule has 0 fully saturated rings. The van der Waals surface area contributed by atoms with Crippen LogP contribution < -0.4 is 5.56 Å². The Morgan fingerprint density at radius 3 is 2.38 bits per heavy atom. The van der Waals surface area contributed by atoms with Crippen LogP contribution in [0.25, 0.3) is 10.9 Å². The van der Waals surface area contributed by atoms with E-state index in [2.05, 4.69) is 4.98 Å². The molecule has 104 valence electrons. The van der Waals surface area contributed by atoms with Crippen molar-refractivity contribution in [3.8, 4) is 0 Å². The molecule has 1 aromatic heterocycles. The van der Waals surface area contributed by atoms with E-state index in [-0.39, 0.29) is 17.7 Å². The van der Waals surface area contributed by atoms with Crippen LogP contribution >= 0.6 is 0 Å². The predicted octanol–water partition coefficient (Wildman–Crippen LogP) is 3.03. The summed E-state index contributed by atoms with van der Waals surface area (Å²) in [7, 11) is 0. The number of nitrogens with one attached hydrogen (secondary N) is 1. The molecule has 0 atom stereocenters. The Morgan fingerprint density at radius 1 is 1.00 bits per heavy atom. The molecule has 2 aromatic carbocycles. The summed E-state index contributed by atoms with van der Waals surface area (Å²) < 4.78 is 0. The van der Waals surface area contributed by atoms with Crippen LogP contribution in [0.15, 0.2) is 59.4 Å². The Hall–Kier alpha value is -2.95. The Morgan fingerprint density at radius 2 is 1.67 bits per heavy atom. The second-order valence-electron chi connectivity index (χ2n) is 4.75. The van der Waals surface area contributed by atoms with E-state index in [0.29, 0.717) is 10.9 Å². The minimum absolute atomic E-state index is 0.113. The predicted molar refractivity (Wildman–Crippen MR) is 80.5 cm³/mol. The molecule has 0 saturated heterocycles. The molecule has 5 heteroatoms. The average Bonchev–Trinajstić information content (AvgIpc) is 2.48. The number of para-hydroxylation sites is 1. The minimum atomic E-state index is -0.476. The fourth-order valence-corrected chi connectivity index (χ4v) is 2.44. The number of nitro groups is 1. The highest BCUT2D eigenvalue weighted by Crippen LogP contribution is 2.27. The molecule has 1 heterocycles. The number of hydrogen-bond acceptors (Lipinski definition) is 3. The molecule has 3 aromatic rings. The van der Waals surface area contributed by atoms with E-state index in [1.165, 1.54) is 0 Å². The van der Waals surface area contributed by atoms with Crippen molar-refractivity contribution in [1.82, 2.24) is 4.98 Å². The Balaban J connectivity index is 2.26. The van der Waals surface area contributed by atoms with Crippen LogP contribution in [-0.4, -0.2) is 9.91 Å². The summed E-state index contributed by atoms with van der Waals surface area (Å²) in [4.78, 5) is 25.9. The third-order valence-electron chi connectivity index (χ3n) is 3.40. The number of rotatable bonds is 3. The van der Waals surface area contributed by atoms with Gasteiger partial charge in [0.25, 0.3) is 11.2 Å². The SMILES string of the molecule is O=c1[nH]c2ccccc2c([N+](=O)[O-])c1Cc1ccccc1. The maximum absolute atomic E-state index is 12.2. The smallest absolute Gasteiger partial charge is 0.287 e. The van der Waals surface area contributed by atoms with Gasteiger partial charge in [-0.2, -0.15) is 0 Å². The van der Waals surface area contributed by atoms with Crippen molar-refractivity contribution >= 4 is 16.6 Å². The van der Waals surface area contributed by atoms with Crippen molar-refractivity contribution in [2.75, 3.05) is 0 Å². The van der Waals surface area contributed by atoms with Crippen LogP contribution in [0, 0.1) is 10.1 Å².